The molecule has 0 N–H and O–H groups in total. The van der Waals surface area contributed by atoms with E-state index in [0.29, 0.717) is 35.7 Å². The summed E-state index contributed by atoms with van der Waals surface area (Å²) in [7, 11) is 1.77. The van der Waals surface area contributed by atoms with Crippen molar-refractivity contribution in [3.63, 3.8) is 0 Å². The number of ether oxygens (including phenoxy) is 1. The summed E-state index contributed by atoms with van der Waals surface area (Å²) >= 11 is 0. The third-order valence-electron chi connectivity index (χ3n) is 6.03. The molecule has 0 aromatic heterocycles. The molecule has 3 aliphatic heterocycles. The minimum atomic E-state index is -0.570. The van der Waals surface area contributed by atoms with Crippen molar-refractivity contribution in [1.82, 2.24) is 9.91 Å². The van der Waals surface area contributed by atoms with Crippen LogP contribution >= 0.6 is 0 Å². The van der Waals surface area contributed by atoms with Crippen LogP contribution in [0.1, 0.15) is 61.9 Å². The number of aliphatic imine (C=N–C) groups is 2. The Labute approximate surface area is 189 Å². The van der Waals surface area contributed by atoms with Gasteiger partial charge in [0.05, 0.1) is 24.4 Å². The Kier molecular flexibility index (Phi) is 6.79. The Morgan fingerprint density at radius 1 is 1.16 bits per heavy atom. The predicted octanol–water partition coefficient (Wildman–Crippen LogP) is 2.95. The van der Waals surface area contributed by atoms with Crippen molar-refractivity contribution in [1.29, 1.82) is 0 Å². The van der Waals surface area contributed by atoms with E-state index >= 15 is 0 Å². The monoisotopic (exact) mass is 437 g/mol. The topological polar surface area (TPSA) is 86.9 Å². The van der Waals surface area contributed by atoms with E-state index in [1.54, 1.807) is 30.3 Å². The SMILES string of the molecule is CCCC1=NN(C)C2C(=O)N=C(c3cc(C(=O)CN4CCCCC4)ccc3OCC)N=C12. The molecular formula is C24H31N5O3. The number of rotatable bonds is 8. The second-order valence-corrected chi connectivity index (χ2v) is 8.45. The van der Waals surface area contributed by atoms with Crippen LogP contribution in [0.2, 0.25) is 0 Å². The van der Waals surface area contributed by atoms with E-state index in [2.05, 4.69) is 21.9 Å². The summed E-state index contributed by atoms with van der Waals surface area (Å²) in [6.07, 6.45) is 5.15. The number of benzene rings is 1. The average Bonchev–Trinajstić information content (AvgIpc) is 3.10. The first-order valence-electron chi connectivity index (χ1n) is 11.6. The van der Waals surface area contributed by atoms with Crippen molar-refractivity contribution in [3.05, 3.63) is 29.3 Å². The predicted molar refractivity (Wildman–Crippen MR) is 125 cm³/mol. The van der Waals surface area contributed by atoms with Gasteiger partial charge in [0, 0.05) is 12.6 Å². The number of fused-ring (bicyclic) bond motifs is 1. The molecule has 8 nitrogen and oxygen atoms in total. The Morgan fingerprint density at radius 2 is 1.94 bits per heavy atom. The summed E-state index contributed by atoms with van der Waals surface area (Å²) in [5, 5.41) is 6.14. The van der Waals surface area contributed by atoms with Crippen LogP contribution in [0.3, 0.4) is 0 Å². The summed E-state index contributed by atoms with van der Waals surface area (Å²) in [6.45, 7) is 6.73. The second kappa shape index (κ2) is 9.73. The van der Waals surface area contributed by atoms with Crippen molar-refractivity contribution in [3.8, 4) is 5.75 Å². The fourth-order valence-electron chi connectivity index (χ4n) is 4.45. The van der Waals surface area contributed by atoms with Crippen molar-refractivity contribution in [2.75, 3.05) is 33.3 Å². The number of likely N-dealkylation sites (N-methyl/N-ethyl adjacent to an activating group) is 1. The van der Waals surface area contributed by atoms with Crippen LogP contribution in [0.5, 0.6) is 5.75 Å². The summed E-state index contributed by atoms with van der Waals surface area (Å²) in [5.74, 6) is 0.612. The van der Waals surface area contributed by atoms with Gasteiger partial charge in [-0.25, -0.2) is 4.99 Å². The van der Waals surface area contributed by atoms with Gasteiger partial charge in [-0.2, -0.15) is 10.1 Å². The van der Waals surface area contributed by atoms with Gasteiger partial charge in [-0.15, -0.1) is 0 Å². The highest BCUT2D eigenvalue weighted by atomic mass is 16.5. The molecule has 1 unspecified atom stereocenters. The number of carbonyl (C=O) groups excluding carboxylic acids is 2. The van der Waals surface area contributed by atoms with Gasteiger partial charge in [-0.3, -0.25) is 19.5 Å². The first-order chi connectivity index (χ1) is 15.5. The van der Waals surface area contributed by atoms with Crippen molar-refractivity contribution in [2.24, 2.45) is 15.1 Å². The lowest BCUT2D eigenvalue weighted by atomic mass is 10.0. The zero-order valence-electron chi connectivity index (χ0n) is 19.1. The summed E-state index contributed by atoms with van der Waals surface area (Å²) in [4.78, 5) is 37.1. The van der Waals surface area contributed by atoms with Crippen LogP contribution in [0, 0.1) is 0 Å². The molecule has 1 saturated heterocycles. The molecule has 0 bridgehead atoms. The van der Waals surface area contributed by atoms with Gasteiger partial charge in [-0.1, -0.05) is 19.8 Å². The molecule has 0 saturated carbocycles. The third-order valence-corrected chi connectivity index (χ3v) is 6.03. The number of hydrogen-bond acceptors (Lipinski definition) is 7. The van der Waals surface area contributed by atoms with Crippen LogP contribution in [0.25, 0.3) is 0 Å². The van der Waals surface area contributed by atoms with Crippen LogP contribution in [-0.4, -0.2) is 78.2 Å². The lowest BCUT2D eigenvalue weighted by Crippen LogP contribution is -2.41. The number of hydrogen-bond donors (Lipinski definition) is 0. The van der Waals surface area contributed by atoms with Crippen molar-refractivity contribution >= 4 is 28.9 Å². The molecule has 1 fully saturated rings. The third kappa shape index (κ3) is 4.50. The largest absolute Gasteiger partial charge is 0.493 e. The van der Waals surface area contributed by atoms with E-state index in [1.165, 1.54) is 6.42 Å². The second-order valence-electron chi connectivity index (χ2n) is 8.45. The molecular weight excluding hydrogens is 406 g/mol. The lowest BCUT2D eigenvalue weighted by molar-refractivity contribution is -0.120. The lowest BCUT2D eigenvalue weighted by Gasteiger charge is -2.25. The number of ketones is 1. The average molecular weight is 438 g/mol. The zero-order valence-corrected chi connectivity index (χ0v) is 19.1. The minimum Gasteiger partial charge on any atom is -0.493 e. The minimum absolute atomic E-state index is 0.0540. The summed E-state index contributed by atoms with van der Waals surface area (Å²) in [6, 6.07) is 4.77. The zero-order chi connectivity index (χ0) is 22.7. The number of hydrazone groups is 1. The van der Waals surface area contributed by atoms with Gasteiger partial charge < -0.3 is 4.74 Å². The molecule has 4 rings (SSSR count). The number of piperidine rings is 1. The number of likely N-dealkylation sites (tertiary alicyclic amines) is 1. The van der Waals surface area contributed by atoms with Crippen LogP contribution in [0.4, 0.5) is 0 Å². The first-order valence-corrected chi connectivity index (χ1v) is 11.6. The number of nitrogens with zero attached hydrogens (tertiary/aromatic N) is 5. The number of amidine groups is 1. The Bertz CT molecular complexity index is 991. The smallest absolute Gasteiger partial charge is 0.278 e. The van der Waals surface area contributed by atoms with E-state index < -0.39 is 6.04 Å². The maximum absolute atomic E-state index is 13.0. The van der Waals surface area contributed by atoms with Gasteiger partial charge in [0.25, 0.3) is 5.91 Å². The molecule has 170 valence electrons. The molecule has 8 heteroatoms. The van der Waals surface area contributed by atoms with E-state index in [4.69, 9.17) is 9.73 Å². The van der Waals surface area contributed by atoms with E-state index in [0.717, 1.165) is 44.5 Å². The van der Waals surface area contributed by atoms with E-state index in [1.807, 2.05) is 6.92 Å². The van der Waals surface area contributed by atoms with E-state index in [-0.39, 0.29) is 17.5 Å². The molecule has 1 aromatic carbocycles. The van der Waals surface area contributed by atoms with Crippen LogP contribution in [0.15, 0.2) is 33.3 Å². The van der Waals surface area contributed by atoms with Gasteiger partial charge in [0.1, 0.15) is 11.5 Å². The molecule has 3 heterocycles. The standard InChI is InChI=1S/C24H31N5O3/c1-4-9-18-21-22(28(3)27-18)24(31)26-23(25-21)17-14-16(10-11-20(17)32-5-2)19(30)15-29-12-7-6-8-13-29/h10-11,14,22H,4-9,12-13,15H2,1-3H3. The molecule has 32 heavy (non-hydrogen) atoms. The van der Waals surface area contributed by atoms with Crippen LogP contribution < -0.4 is 4.74 Å². The summed E-state index contributed by atoms with van der Waals surface area (Å²) in [5.41, 5.74) is 2.62. The number of amides is 1. The molecule has 0 radical (unpaired) electrons. The highest BCUT2D eigenvalue weighted by Crippen LogP contribution is 2.27. The molecule has 1 aromatic rings. The van der Waals surface area contributed by atoms with Gasteiger partial charge in [0.2, 0.25) is 0 Å². The van der Waals surface area contributed by atoms with Crippen LogP contribution in [-0.2, 0) is 4.79 Å². The van der Waals surface area contributed by atoms with Crippen molar-refractivity contribution < 1.29 is 14.3 Å². The molecule has 0 spiro atoms. The quantitative estimate of drug-likeness (QED) is 0.584. The van der Waals surface area contributed by atoms with E-state index in [9.17, 15) is 9.59 Å². The molecule has 1 amide bonds. The maximum atomic E-state index is 13.0. The fraction of sp³-hybridized carbons (Fsp3) is 0.542. The van der Waals surface area contributed by atoms with Gasteiger partial charge in [-0.05, 0) is 57.5 Å². The highest BCUT2D eigenvalue weighted by molar-refractivity contribution is 6.52. The molecule has 0 aliphatic carbocycles. The molecule has 3 aliphatic rings. The van der Waals surface area contributed by atoms with Gasteiger partial charge in [0.15, 0.2) is 17.7 Å². The number of Topliss-reactive ketones (excluding diaryl/α,β-unsaturated/α-hetero) is 1. The fourth-order valence-corrected chi connectivity index (χ4v) is 4.45. The first kappa shape index (κ1) is 22.3. The number of carbonyl (C=O) groups is 2. The van der Waals surface area contributed by atoms with Gasteiger partial charge >= 0.3 is 0 Å². The maximum Gasteiger partial charge on any atom is 0.278 e. The summed E-state index contributed by atoms with van der Waals surface area (Å²) < 4.78 is 5.79. The highest BCUT2D eigenvalue weighted by Gasteiger charge is 2.40. The Morgan fingerprint density at radius 3 is 2.66 bits per heavy atom. The molecule has 1 atom stereocenters. The Balaban J connectivity index is 1.67. The Hall–Kier alpha value is -2.87. The van der Waals surface area contributed by atoms with Crippen molar-refractivity contribution in [2.45, 2.75) is 52.0 Å². The normalized spacial score (nSPS) is 21.1.